The standard InChI is InChI=1S/C21H20N2O3S2/c1-12-3-7-14(8-4-12)22-19(24)16-11-27-20-18(28-21(25)23-20)17(16)13-5-9-15(26-2)10-6-13/h3-10,16-17H,11H2,1-2H3,(H,22,24)(H,23,25). The Hall–Kier alpha value is -2.51. The topological polar surface area (TPSA) is 71.2 Å². The molecule has 28 heavy (non-hydrogen) atoms. The fourth-order valence-electron chi connectivity index (χ4n) is 3.38. The Labute approximate surface area is 171 Å². The zero-order valence-electron chi connectivity index (χ0n) is 15.5. The molecule has 144 valence electrons. The van der Waals surface area contributed by atoms with Crippen molar-refractivity contribution in [3.8, 4) is 5.75 Å². The third kappa shape index (κ3) is 3.72. The van der Waals surface area contributed by atoms with E-state index in [4.69, 9.17) is 4.74 Å². The van der Waals surface area contributed by atoms with Crippen molar-refractivity contribution >= 4 is 34.7 Å². The van der Waals surface area contributed by atoms with Gasteiger partial charge in [0.05, 0.1) is 18.1 Å². The molecule has 0 radical (unpaired) electrons. The Kier molecular flexibility index (Phi) is 5.28. The Bertz CT molecular complexity index is 1040. The van der Waals surface area contributed by atoms with Gasteiger partial charge in [-0.25, -0.2) is 0 Å². The number of nitrogens with one attached hydrogen (secondary N) is 2. The molecule has 1 aliphatic heterocycles. The van der Waals surface area contributed by atoms with Crippen LogP contribution in [-0.2, 0) is 4.79 Å². The number of anilines is 1. The van der Waals surface area contributed by atoms with Gasteiger partial charge in [-0.2, -0.15) is 0 Å². The number of methoxy groups -OCH3 is 1. The van der Waals surface area contributed by atoms with Gasteiger partial charge in [-0.15, -0.1) is 11.8 Å². The summed E-state index contributed by atoms with van der Waals surface area (Å²) in [6, 6.07) is 15.5. The molecule has 0 saturated heterocycles. The van der Waals surface area contributed by atoms with E-state index in [0.717, 1.165) is 32.5 Å². The van der Waals surface area contributed by atoms with Gasteiger partial charge < -0.3 is 15.0 Å². The molecular formula is C21H20N2O3S2. The van der Waals surface area contributed by atoms with E-state index in [0.29, 0.717) is 5.75 Å². The lowest BCUT2D eigenvalue weighted by Gasteiger charge is -2.30. The van der Waals surface area contributed by atoms with Crippen molar-refractivity contribution in [1.29, 1.82) is 0 Å². The van der Waals surface area contributed by atoms with Crippen molar-refractivity contribution < 1.29 is 9.53 Å². The van der Waals surface area contributed by atoms with Crippen molar-refractivity contribution in [3.05, 3.63) is 74.2 Å². The second-order valence-electron chi connectivity index (χ2n) is 6.73. The first kappa shape index (κ1) is 18.8. The number of aromatic amines is 1. The van der Waals surface area contributed by atoms with Gasteiger partial charge in [-0.05, 0) is 36.8 Å². The number of benzene rings is 2. The van der Waals surface area contributed by atoms with E-state index in [1.165, 1.54) is 23.1 Å². The average Bonchev–Trinajstić information content (AvgIpc) is 3.09. The van der Waals surface area contributed by atoms with Crippen molar-refractivity contribution in [3.63, 3.8) is 0 Å². The van der Waals surface area contributed by atoms with Crippen LogP contribution >= 0.6 is 23.1 Å². The van der Waals surface area contributed by atoms with Gasteiger partial charge in [0.2, 0.25) is 5.91 Å². The van der Waals surface area contributed by atoms with Gasteiger partial charge in [0, 0.05) is 22.2 Å². The highest BCUT2D eigenvalue weighted by Crippen LogP contribution is 2.45. The average molecular weight is 413 g/mol. The molecule has 2 heterocycles. The largest absolute Gasteiger partial charge is 0.497 e. The van der Waals surface area contributed by atoms with E-state index in [2.05, 4.69) is 10.3 Å². The van der Waals surface area contributed by atoms with E-state index in [-0.39, 0.29) is 22.6 Å². The molecule has 0 aliphatic carbocycles. The predicted octanol–water partition coefficient (Wildman–Crippen LogP) is 4.25. The first-order valence-electron chi connectivity index (χ1n) is 8.92. The summed E-state index contributed by atoms with van der Waals surface area (Å²) in [5, 5.41) is 3.91. The summed E-state index contributed by atoms with van der Waals surface area (Å²) in [4.78, 5) is 28.8. The van der Waals surface area contributed by atoms with Gasteiger partial charge >= 0.3 is 4.87 Å². The Morgan fingerprint density at radius 1 is 1.14 bits per heavy atom. The van der Waals surface area contributed by atoms with Crippen molar-refractivity contribution in [2.75, 3.05) is 18.2 Å². The van der Waals surface area contributed by atoms with Crippen LogP contribution in [0.25, 0.3) is 0 Å². The molecule has 4 rings (SSSR count). The van der Waals surface area contributed by atoms with E-state index >= 15 is 0 Å². The first-order chi connectivity index (χ1) is 13.5. The number of carbonyl (C=O) groups excluding carboxylic acids is 1. The first-order valence-corrected chi connectivity index (χ1v) is 10.7. The maximum Gasteiger partial charge on any atom is 0.305 e. The van der Waals surface area contributed by atoms with Crippen LogP contribution in [0.1, 0.15) is 21.9 Å². The van der Waals surface area contributed by atoms with E-state index in [9.17, 15) is 9.59 Å². The summed E-state index contributed by atoms with van der Waals surface area (Å²) < 4.78 is 5.26. The molecule has 0 saturated carbocycles. The number of thiazole rings is 1. The second-order valence-corrected chi connectivity index (χ2v) is 8.78. The Balaban J connectivity index is 1.68. The SMILES string of the molecule is COc1ccc(C2c3sc(=O)[nH]c3SCC2C(=O)Nc2ccc(C)cc2)cc1. The molecule has 2 atom stereocenters. The third-order valence-electron chi connectivity index (χ3n) is 4.86. The predicted molar refractivity (Wildman–Crippen MR) is 114 cm³/mol. The van der Waals surface area contributed by atoms with Crippen molar-refractivity contribution in [2.24, 2.45) is 5.92 Å². The number of hydrogen-bond donors (Lipinski definition) is 2. The lowest BCUT2D eigenvalue weighted by Crippen LogP contribution is -2.32. The molecule has 5 nitrogen and oxygen atoms in total. The van der Waals surface area contributed by atoms with Crippen LogP contribution in [0.2, 0.25) is 0 Å². The molecule has 1 aliphatic rings. The molecular weight excluding hydrogens is 392 g/mol. The molecule has 2 aromatic carbocycles. The third-order valence-corrected chi connectivity index (χ3v) is 7.10. The maximum atomic E-state index is 13.1. The number of carbonyl (C=O) groups is 1. The van der Waals surface area contributed by atoms with Crippen LogP contribution in [0.3, 0.4) is 0 Å². The minimum atomic E-state index is -0.279. The molecule has 0 bridgehead atoms. The lowest BCUT2D eigenvalue weighted by molar-refractivity contribution is -0.119. The highest BCUT2D eigenvalue weighted by molar-refractivity contribution is 7.99. The number of rotatable bonds is 4. The molecule has 1 amide bonds. The number of fused-ring (bicyclic) bond motifs is 1. The lowest BCUT2D eigenvalue weighted by atomic mass is 9.85. The Morgan fingerprint density at radius 3 is 2.54 bits per heavy atom. The summed E-state index contributed by atoms with van der Waals surface area (Å²) in [5.41, 5.74) is 2.92. The molecule has 3 aromatic rings. The van der Waals surface area contributed by atoms with E-state index < -0.39 is 0 Å². The van der Waals surface area contributed by atoms with Crippen LogP contribution in [-0.4, -0.2) is 23.8 Å². The quantitative estimate of drug-likeness (QED) is 0.672. The fraction of sp³-hybridized carbons (Fsp3) is 0.238. The van der Waals surface area contributed by atoms with Gasteiger partial charge in [0.1, 0.15) is 5.75 Å². The van der Waals surface area contributed by atoms with Crippen LogP contribution in [0.4, 0.5) is 5.69 Å². The number of hydrogen-bond acceptors (Lipinski definition) is 5. The zero-order chi connectivity index (χ0) is 19.7. The number of H-pyrrole nitrogens is 1. The minimum absolute atomic E-state index is 0.0383. The van der Waals surface area contributed by atoms with Crippen LogP contribution in [0.15, 0.2) is 58.4 Å². The number of amides is 1. The molecule has 2 unspecified atom stereocenters. The molecule has 0 fully saturated rings. The molecule has 1 aromatic heterocycles. The van der Waals surface area contributed by atoms with Gasteiger partial charge in [0.25, 0.3) is 0 Å². The highest BCUT2D eigenvalue weighted by atomic mass is 32.2. The zero-order valence-corrected chi connectivity index (χ0v) is 17.2. The normalized spacial score (nSPS) is 18.4. The van der Waals surface area contributed by atoms with E-state index in [1.54, 1.807) is 7.11 Å². The Morgan fingerprint density at radius 2 is 1.86 bits per heavy atom. The summed E-state index contributed by atoms with van der Waals surface area (Å²) >= 11 is 2.72. The highest BCUT2D eigenvalue weighted by Gasteiger charge is 2.38. The minimum Gasteiger partial charge on any atom is -0.497 e. The van der Waals surface area contributed by atoms with Gasteiger partial charge in [-0.1, -0.05) is 41.2 Å². The number of aryl methyl sites for hydroxylation is 1. The number of aromatic nitrogens is 1. The van der Waals surface area contributed by atoms with Gasteiger partial charge in [0.15, 0.2) is 0 Å². The summed E-state index contributed by atoms with van der Waals surface area (Å²) in [5.74, 6) is 0.879. The number of ether oxygens (including phenoxy) is 1. The van der Waals surface area contributed by atoms with Crippen molar-refractivity contribution in [1.82, 2.24) is 4.98 Å². The van der Waals surface area contributed by atoms with Crippen LogP contribution < -0.4 is 14.9 Å². The maximum absolute atomic E-state index is 13.1. The van der Waals surface area contributed by atoms with Gasteiger partial charge in [-0.3, -0.25) is 9.59 Å². The monoisotopic (exact) mass is 412 g/mol. The van der Waals surface area contributed by atoms with Crippen molar-refractivity contribution in [2.45, 2.75) is 17.9 Å². The summed E-state index contributed by atoms with van der Waals surface area (Å²) in [6.07, 6.45) is 0. The molecule has 0 spiro atoms. The molecule has 2 N–H and O–H groups in total. The van der Waals surface area contributed by atoms with E-state index in [1.807, 2.05) is 55.5 Å². The van der Waals surface area contributed by atoms with Crippen LogP contribution in [0, 0.1) is 12.8 Å². The van der Waals surface area contributed by atoms with Crippen LogP contribution in [0.5, 0.6) is 5.75 Å². The fourth-order valence-corrected chi connectivity index (χ4v) is 5.80. The number of thioether (sulfide) groups is 1. The smallest absolute Gasteiger partial charge is 0.305 e. The summed E-state index contributed by atoms with van der Waals surface area (Å²) in [7, 11) is 1.63. The second kappa shape index (κ2) is 7.85. The molecule has 7 heteroatoms. The summed E-state index contributed by atoms with van der Waals surface area (Å²) in [6.45, 7) is 2.01.